The van der Waals surface area contributed by atoms with Crippen LogP contribution in [0.2, 0.25) is 0 Å². The first kappa shape index (κ1) is 18.5. The molecule has 0 spiro atoms. The van der Waals surface area contributed by atoms with Gasteiger partial charge in [0.1, 0.15) is 17.6 Å². The smallest absolute Gasteiger partial charge is 0.429 e. The van der Waals surface area contributed by atoms with E-state index in [1.807, 2.05) is 0 Å². The molecule has 0 bridgehead atoms. The fourth-order valence-corrected chi connectivity index (χ4v) is 2.89. The van der Waals surface area contributed by atoms with Gasteiger partial charge in [0.25, 0.3) is 5.54 Å². The fourth-order valence-electron chi connectivity index (χ4n) is 2.89. The second-order valence-corrected chi connectivity index (χ2v) is 5.89. The lowest BCUT2D eigenvalue weighted by Crippen LogP contribution is -2.62. The van der Waals surface area contributed by atoms with Crippen LogP contribution in [0.5, 0.6) is 5.75 Å². The summed E-state index contributed by atoms with van der Waals surface area (Å²) in [6.07, 6.45) is -5.13. The number of hydrogen-bond acceptors (Lipinski definition) is 3. The second kappa shape index (κ2) is 6.46. The number of fused-ring (bicyclic) bond motifs is 1. The van der Waals surface area contributed by atoms with E-state index in [1.54, 1.807) is 29.6 Å². The van der Waals surface area contributed by atoms with Crippen LogP contribution in [0.25, 0.3) is 0 Å². The Bertz CT molecular complexity index is 922. The van der Waals surface area contributed by atoms with Gasteiger partial charge >= 0.3 is 12.2 Å². The summed E-state index contributed by atoms with van der Waals surface area (Å²) in [6.45, 7) is -0.0756. The predicted octanol–water partition coefficient (Wildman–Crippen LogP) is 3.85. The van der Waals surface area contributed by atoms with Gasteiger partial charge in [-0.15, -0.1) is 0 Å². The molecule has 1 aliphatic heterocycles. The molecule has 27 heavy (non-hydrogen) atoms. The van der Waals surface area contributed by atoms with E-state index in [0.29, 0.717) is 17.4 Å². The minimum atomic E-state index is -5.13. The number of benzene rings is 2. The van der Waals surface area contributed by atoms with Crippen molar-refractivity contribution in [2.24, 2.45) is 0 Å². The summed E-state index contributed by atoms with van der Waals surface area (Å²) in [7, 11) is 1.48. The van der Waals surface area contributed by atoms with Gasteiger partial charge in [0, 0.05) is 5.56 Å². The molecule has 0 saturated heterocycles. The molecular formula is C18H13F4N3O2. The number of halogens is 4. The lowest BCUT2D eigenvalue weighted by Gasteiger charge is -2.40. The highest BCUT2D eigenvalue weighted by Gasteiger charge is 2.62. The fraction of sp³-hybridized carbons (Fsp3) is 0.222. The number of carbonyl (C=O) groups is 1. The molecule has 2 aromatic carbocycles. The van der Waals surface area contributed by atoms with Gasteiger partial charge in [-0.3, -0.25) is 4.90 Å². The molecule has 0 aromatic heterocycles. The number of methoxy groups -OCH3 is 1. The Hall–Kier alpha value is -3.28. The van der Waals surface area contributed by atoms with E-state index < -0.39 is 29.1 Å². The summed E-state index contributed by atoms with van der Waals surface area (Å²) in [5.74, 6) is -0.372. The van der Waals surface area contributed by atoms with Gasteiger partial charge in [-0.2, -0.15) is 18.4 Å². The highest BCUT2D eigenvalue weighted by Crippen LogP contribution is 2.45. The third-order valence-corrected chi connectivity index (χ3v) is 4.29. The first-order valence-electron chi connectivity index (χ1n) is 7.72. The molecule has 2 aromatic rings. The molecule has 0 unspecified atom stereocenters. The molecule has 1 heterocycles. The van der Waals surface area contributed by atoms with E-state index in [1.165, 1.54) is 7.11 Å². The zero-order valence-corrected chi connectivity index (χ0v) is 14.0. The molecule has 0 radical (unpaired) electrons. The topological polar surface area (TPSA) is 65.4 Å². The molecule has 0 aliphatic carbocycles. The quantitative estimate of drug-likeness (QED) is 0.824. The van der Waals surface area contributed by atoms with Crippen molar-refractivity contribution in [2.75, 3.05) is 12.0 Å². The zero-order valence-electron chi connectivity index (χ0n) is 14.0. The number of nitrogens with one attached hydrogen (secondary N) is 1. The number of alkyl halides is 3. The lowest BCUT2D eigenvalue weighted by molar-refractivity contribution is -0.179. The molecular weight excluding hydrogens is 366 g/mol. The van der Waals surface area contributed by atoms with Crippen LogP contribution in [-0.2, 0) is 12.1 Å². The summed E-state index contributed by atoms with van der Waals surface area (Å²) in [5.41, 5.74) is -3.56. The predicted molar refractivity (Wildman–Crippen MR) is 87.5 cm³/mol. The maximum absolute atomic E-state index is 13.7. The lowest BCUT2D eigenvalue weighted by atomic mass is 9.86. The Morgan fingerprint density at radius 1 is 1.22 bits per heavy atom. The van der Waals surface area contributed by atoms with E-state index in [9.17, 15) is 27.6 Å². The van der Waals surface area contributed by atoms with Crippen LogP contribution in [0.15, 0.2) is 42.5 Å². The SMILES string of the molecule is COc1ccc(CN2C(=O)N[C@@](C#N)(C(F)(F)F)c3cc(F)ccc32)cc1. The molecule has 140 valence electrons. The monoisotopic (exact) mass is 379 g/mol. The van der Waals surface area contributed by atoms with Crippen molar-refractivity contribution < 1.29 is 27.1 Å². The molecule has 1 atom stereocenters. The Balaban J connectivity index is 2.09. The van der Waals surface area contributed by atoms with Crippen molar-refractivity contribution in [3.8, 4) is 11.8 Å². The van der Waals surface area contributed by atoms with Gasteiger partial charge in [0.05, 0.1) is 19.3 Å². The van der Waals surface area contributed by atoms with Crippen molar-refractivity contribution >= 4 is 11.7 Å². The number of nitriles is 1. The summed E-state index contributed by atoms with van der Waals surface area (Å²) in [6, 6.07) is 9.18. The normalized spacial score (nSPS) is 19.1. The number of anilines is 1. The number of amides is 2. The molecule has 0 saturated carbocycles. The average Bonchev–Trinajstić information content (AvgIpc) is 2.63. The van der Waals surface area contributed by atoms with Gasteiger partial charge in [0.2, 0.25) is 0 Å². The second-order valence-electron chi connectivity index (χ2n) is 5.89. The van der Waals surface area contributed by atoms with Crippen LogP contribution in [0, 0.1) is 17.1 Å². The van der Waals surface area contributed by atoms with Gasteiger partial charge < -0.3 is 10.1 Å². The van der Waals surface area contributed by atoms with Crippen molar-refractivity contribution in [2.45, 2.75) is 18.3 Å². The highest BCUT2D eigenvalue weighted by molar-refractivity contribution is 5.97. The Morgan fingerprint density at radius 3 is 2.44 bits per heavy atom. The molecule has 1 aliphatic rings. The van der Waals surface area contributed by atoms with E-state index in [4.69, 9.17) is 4.74 Å². The zero-order chi connectivity index (χ0) is 19.8. The minimum Gasteiger partial charge on any atom is -0.497 e. The van der Waals surface area contributed by atoms with Crippen LogP contribution < -0.4 is 15.0 Å². The Labute approximate surface area is 151 Å². The Kier molecular flexibility index (Phi) is 4.43. The third-order valence-electron chi connectivity index (χ3n) is 4.29. The molecule has 3 rings (SSSR count). The van der Waals surface area contributed by atoms with Gasteiger partial charge in [-0.05, 0) is 35.9 Å². The van der Waals surface area contributed by atoms with Gasteiger partial charge in [-0.1, -0.05) is 12.1 Å². The molecule has 0 fully saturated rings. The standard InChI is InChI=1S/C18H13F4N3O2/c1-27-13-5-2-11(3-6-13)9-25-15-7-4-12(19)8-14(15)17(10-23,18(20,21)22)24-16(25)26/h2-8H,9H2,1H3,(H,24,26)/t17-/m1/s1. The maximum Gasteiger partial charge on any atom is 0.429 e. The van der Waals surface area contributed by atoms with Gasteiger partial charge in [-0.25, -0.2) is 9.18 Å². The van der Waals surface area contributed by atoms with Gasteiger partial charge in [0.15, 0.2) is 0 Å². The van der Waals surface area contributed by atoms with E-state index in [-0.39, 0.29) is 12.2 Å². The van der Waals surface area contributed by atoms with E-state index >= 15 is 0 Å². The van der Waals surface area contributed by atoms with Crippen molar-refractivity contribution in [3.05, 3.63) is 59.4 Å². The minimum absolute atomic E-state index is 0.0756. The van der Waals surface area contributed by atoms with Crippen LogP contribution in [0.3, 0.4) is 0 Å². The summed E-state index contributed by atoms with van der Waals surface area (Å²) in [5, 5.41) is 10.9. The van der Waals surface area contributed by atoms with Crippen molar-refractivity contribution in [1.82, 2.24) is 5.32 Å². The molecule has 1 N–H and O–H groups in total. The van der Waals surface area contributed by atoms with E-state index in [2.05, 4.69) is 0 Å². The number of hydrogen-bond donors (Lipinski definition) is 1. The molecule has 5 nitrogen and oxygen atoms in total. The summed E-state index contributed by atoms with van der Waals surface area (Å²) in [4.78, 5) is 13.5. The van der Waals surface area contributed by atoms with E-state index in [0.717, 1.165) is 23.1 Å². The van der Waals surface area contributed by atoms with Crippen LogP contribution in [0.4, 0.5) is 28.0 Å². The maximum atomic E-state index is 13.7. The van der Waals surface area contributed by atoms with Crippen molar-refractivity contribution in [1.29, 1.82) is 5.26 Å². The first-order chi connectivity index (χ1) is 12.7. The third kappa shape index (κ3) is 3.03. The molecule has 2 amide bonds. The highest BCUT2D eigenvalue weighted by atomic mass is 19.4. The first-order valence-corrected chi connectivity index (χ1v) is 7.72. The number of rotatable bonds is 3. The average molecular weight is 379 g/mol. The van der Waals surface area contributed by atoms with Crippen molar-refractivity contribution in [3.63, 3.8) is 0 Å². The summed E-state index contributed by atoms with van der Waals surface area (Å²) >= 11 is 0. The number of ether oxygens (including phenoxy) is 1. The molecule has 9 heteroatoms. The van der Waals surface area contributed by atoms with Crippen LogP contribution in [0.1, 0.15) is 11.1 Å². The number of nitrogens with zero attached hydrogens (tertiary/aromatic N) is 2. The summed E-state index contributed by atoms with van der Waals surface area (Å²) < 4.78 is 59.6. The number of urea groups is 1. The largest absolute Gasteiger partial charge is 0.497 e. The van der Waals surface area contributed by atoms with Crippen LogP contribution >= 0.6 is 0 Å². The Morgan fingerprint density at radius 2 is 1.89 bits per heavy atom. The van der Waals surface area contributed by atoms with Crippen LogP contribution in [-0.4, -0.2) is 19.3 Å². The number of carbonyl (C=O) groups excluding carboxylic acids is 1.